The minimum atomic E-state index is -4.26. The van der Waals surface area contributed by atoms with Crippen molar-refractivity contribution in [2.24, 2.45) is 0 Å². The maximum atomic E-state index is 12.5. The van der Waals surface area contributed by atoms with Crippen molar-refractivity contribution in [2.45, 2.75) is 180 Å². The zero-order valence-electron chi connectivity index (χ0n) is 32.0. The van der Waals surface area contributed by atoms with Crippen LogP contribution in [-0.4, -0.2) is 43.3 Å². The molecule has 9 heteroatoms. The van der Waals surface area contributed by atoms with E-state index < -0.39 is 26.5 Å². The second-order valence-corrected chi connectivity index (χ2v) is 14.6. The van der Waals surface area contributed by atoms with E-state index in [1.165, 1.54) is 64.2 Å². The molecule has 0 aliphatic heterocycles. The van der Waals surface area contributed by atoms with E-state index in [-0.39, 0.29) is 25.4 Å². The van der Waals surface area contributed by atoms with Crippen molar-refractivity contribution in [3.63, 3.8) is 0 Å². The molecule has 0 fully saturated rings. The average Bonchev–Trinajstić information content (AvgIpc) is 3.10. The fourth-order valence-electron chi connectivity index (χ4n) is 5.17. The Morgan fingerprint density at radius 3 is 1.46 bits per heavy atom. The van der Waals surface area contributed by atoms with E-state index in [4.69, 9.17) is 14.0 Å². The summed E-state index contributed by atoms with van der Waals surface area (Å²) in [5.74, 6) is -0.832. The highest BCUT2D eigenvalue weighted by Gasteiger charge is 2.24. The third-order valence-corrected chi connectivity index (χ3v) is 9.23. The lowest BCUT2D eigenvalue weighted by molar-refractivity contribution is -0.161. The summed E-state index contributed by atoms with van der Waals surface area (Å²) in [5.41, 5.74) is 0. The van der Waals surface area contributed by atoms with Crippen LogP contribution in [0.3, 0.4) is 0 Å². The van der Waals surface area contributed by atoms with Crippen LogP contribution in [0.5, 0.6) is 0 Å². The zero-order chi connectivity index (χ0) is 36.8. The van der Waals surface area contributed by atoms with Crippen LogP contribution in [0.15, 0.2) is 48.6 Å². The van der Waals surface area contributed by atoms with E-state index in [0.29, 0.717) is 6.42 Å². The smallest absolute Gasteiger partial charge is 0.462 e. The number of ether oxygens (including phenoxy) is 2. The SMILES string of the molecule is CCCC/C=C\C/C=C\CCCCCCCC(=O)OCC(COP(=O)(O)OC)OC(=O)CCCCCCCCC/C=C\C/C=C\CCCCC. The van der Waals surface area contributed by atoms with Gasteiger partial charge in [-0.15, -0.1) is 0 Å². The fraction of sp³-hybridized carbons (Fsp3) is 0.756. The Kier molecular flexibility index (Phi) is 35.3. The lowest BCUT2D eigenvalue weighted by atomic mass is 10.1. The first-order valence-electron chi connectivity index (χ1n) is 19.8. The van der Waals surface area contributed by atoms with Gasteiger partial charge in [0.05, 0.1) is 6.61 Å². The highest BCUT2D eigenvalue weighted by atomic mass is 31.2. The van der Waals surface area contributed by atoms with E-state index in [1.807, 2.05) is 0 Å². The molecule has 290 valence electrons. The monoisotopic (exact) mass is 725 g/mol. The Morgan fingerprint density at radius 2 is 0.980 bits per heavy atom. The number of hydrogen-bond donors (Lipinski definition) is 1. The molecule has 1 N–H and O–H groups in total. The highest BCUT2D eigenvalue weighted by molar-refractivity contribution is 7.47. The number of unbranched alkanes of at least 4 members (excludes halogenated alkanes) is 17. The van der Waals surface area contributed by atoms with Crippen molar-refractivity contribution in [3.8, 4) is 0 Å². The molecule has 0 aromatic rings. The van der Waals surface area contributed by atoms with Crippen LogP contribution in [-0.2, 0) is 32.7 Å². The highest BCUT2D eigenvalue weighted by Crippen LogP contribution is 2.42. The third kappa shape index (κ3) is 35.8. The van der Waals surface area contributed by atoms with Gasteiger partial charge in [0.2, 0.25) is 0 Å². The minimum Gasteiger partial charge on any atom is -0.462 e. The van der Waals surface area contributed by atoms with E-state index in [0.717, 1.165) is 84.2 Å². The molecule has 0 aliphatic carbocycles. The Balaban J connectivity index is 4.08. The standard InChI is InChI=1S/C41H73O8P/c1-4-6-8-10-12-14-16-18-20-21-22-24-26-28-30-32-34-36-41(43)49-39(38-48-50(44,45)46-3)37-47-40(42)35-33-31-29-27-25-23-19-17-15-13-11-9-7-5-2/h11-14,17-20,39H,4-10,15-16,21-38H2,1-3H3,(H,44,45)/b13-11-,14-12-,19-17-,20-18-. The molecule has 8 nitrogen and oxygen atoms in total. The molecule has 0 aromatic carbocycles. The molecule has 0 radical (unpaired) electrons. The maximum Gasteiger partial charge on any atom is 0.472 e. The van der Waals surface area contributed by atoms with Crippen molar-refractivity contribution in [2.75, 3.05) is 20.3 Å². The topological polar surface area (TPSA) is 108 Å². The molecule has 0 spiro atoms. The van der Waals surface area contributed by atoms with Gasteiger partial charge >= 0.3 is 19.8 Å². The van der Waals surface area contributed by atoms with Gasteiger partial charge in [0, 0.05) is 20.0 Å². The van der Waals surface area contributed by atoms with E-state index in [9.17, 15) is 19.0 Å². The van der Waals surface area contributed by atoms with Crippen LogP contribution in [0, 0.1) is 0 Å². The van der Waals surface area contributed by atoms with Gasteiger partial charge in [0.15, 0.2) is 6.10 Å². The van der Waals surface area contributed by atoms with Gasteiger partial charge in [-0.25, -0.2) is 4.57 Å². The van der Waals surface area contributed by atoms with Crippen LogP contribution < -0.4 is 0 Å². The summed E-state index contributed by atoms with van der Waals surface area (Å²) in [4.78, 5) is 34.4. The lowest BCUT2D eigenvalue weighted by Gasteiger charge is -2.19. The van der Waals surface area contributed by atoms with Crippen molar-refractivity contribution < 1.29 is 37.6 Å². The number of hydrogen-bond acceptors (Lipinski definition) is 7. The summed E-state index contributed by atoms with van der Waals surface area (Å²) >= 11 is 0. The van der Waals surface area contributed by atoms with Crippen molar-refractivity contribution in [1.29, 1.82) is 0 Å². The summed E-state index contributed by atoms with van der Waals surface area (Å²) in [7, 11) is -3.21. The molecule has 0 aliphatic rings. The maximum absolute atomic E-state index is 12.5. The fourth-order valence-corrected chi connectivity index (χ4v) is 5.63. The Labute approximate surface area is 306 Å². The van der Waals surface area contributed by atoms with E-state index in [1.54, 1.807) is 0 Å². The van der Waals surface area contributed by atoms with Crippen LogP contribution >= 0.6 is 7.82 Å². The first-order chi connectivity index (χ1) is 24.3. The molecule has 0 aromatic heterocycles. The molecule has 0 bridgehead atoms. The Morgan fingerprint density at radius 1 is 0.560 bits per heavy atom. The molecular formula is C41H73O8P. The summed E-state index contributed by atoms with van der Waals surface area (Å²) in [6, 6.07) is 0. The van der Waals surface area contributed by atoms with Gasteiger partial charge < -0.3 is 14.4 Å². The summed E-state index contributed by atoms with van der Waals surface area (Å²) in [6.45, 7) is 3.79. The van der Waals surface area contributed by atoms with Gasteiger partial charge in [-0.2, -0.15) is 0 Å². The Bertz CT molecular complexity index is 958. The Hall–Kier alpha value is -1.99. The number of rotatable bonds is 36. The molecule has 0 saturated heterocycles. The predicted molar refractivity (Wildman–Crippen MR) is 207 cm³/mol. The summed E-state index contributed by atoms with van der Waals surface area (Å²) < 4.78 is 31.9. The van der Waals surface area contributed by atoms with Crippen LogP contribution in [0.4, 0.5) is 0 Å². The number of carbonyl (C=O) groups excluding carboxylic acids is 2. The molecule has 0 amide bonds. The first-order valence-corrected chi connectivity index (χ1v) is 21.3. The van der Waals surface area contributed by atoms with Crippen molar-refractivity contribution >= 4 is 19.8 Å². The number of esters is 2. The van der Waals surface area contributed by atoms with Crippen molar-refractivity contribution in [1.82, 2.24) is 0 Å². The second kappa shape index (κ2) is 36.8. The molecular weight excluding hydrogens is 651 g/mol. The van der Waals surface area contributed by atoms with Crippen molar-refractivity contribution in [3.05, 3.63) is 48.6 Å². The van der Waals surface area contributed by atoms with Gasteiger partial charge in [-0.05, 0) is 70.6 Å². The number of allylic oxidation sites excluding steroid dienone is 8. The molecule has 50 heavy (non-hydrogen) atoms. The zero-order valence-corrected chi connectivity index (χ0v) is 32.9. The van der Waals surface area contributed by atoms with Crippen LogP contribution in [0.2, 0.25) is 0 Å². The van der Waals surface area contributed by atoms with Gasteiger partial charge in [0.1, 0.15) is 6.61 Å². The normalized spacial score (nSPS) is 13.9. The number of phosphoric acid groups is 1. The number of phosphoric ester groups is 1. The van der Waals surface area contributed by atoms with E-state index in [2.05, 4.69) is 67.0 Å². The third-order valence-electron chi connectivity index (χ3n) is 8.30. The predicted octanol–water partition coefficient (Wildman–Crippen LogP) is 12.2. The minimum absolute atomic E-state index is 0.231. The largest absolute Gasteiger partial charge is 0.472 e. The van der Waals surface area contributed by atoms with Gasteiger partial charge in [-0.3, -0.25) is 18.6 Å². The molecule has 0 heterocycles. The van der Waals surface area contributed by atoms with Crippen LogP contribution in [0.25, 0.3) is 0 Å². The average molecular weight is 725 g/mol. The molecule has 0 saturated carbocycles. The summed E-state index contributed by atoms with van der Waals surface area (Å²) in [5, 5.41) is 0. The molecule has 0 rings (SSSR count). The molecule has 2 unspecified atom stereocenters. The summed E-state index contributed by atoms with van der Waals surface area (Å²) in [6.07, 6.45) is 43.0. The lowest BCUT2D eigenvalue weighted by Crippen LogP contribution is -2.29. The van der Waals surface area contributed by atoms with Crippen LogP contribution in [0.1, 0.15) is 174 Å². The first kappa shape index (κ1) is 48.0. The van der Waals surface area contributed by atoms with Gasteiger partial charge in [-0.1, -0.05) is 140 Å². The quantitative estimate of drug-likeness (QED) is 0.0294. The number of carbonyl (C=O) groups is 2. The second-order valence-electron chi connectivity index (χ2n) is 13.1. The van der Waals surface area contributed by atoms with Gasteiger partial charge in [0.25, 0.3) is 0 Å². The van der Waals surface area contributed by atoms with E-state index >= 15 is 0 Å². The molecule has 2 atom stereocenters.